The summed E-state index contributed by atoms with van der Waals surface area (Å²) in [5.74, 6) is 1.15. The van der Waals surface area contributed by atoms with Crippen molar-refractivity contribution in [1.29, 1.82) is 0 Å². The molecule has 0 aromatic heterocycles. The van der Waals surface area contributed by atoms with E-state index in [1.54, 1.807) is 11.8 Å². The van der Waals surface area contributed by atoms with Crippen LogP contribution < -0.4 is 15.5 Å². The van der Waals surface area contributed by atoms with Crippen molar-refractivity contribution in [2.45, 2.75) is 24.7 Å². The summed E-state index contributed by atoms with van der Waals surface area (Å²) in [6.07, 6.45) is 1.59. The molecular formula is C20H23N3OS2. The monoisotopic (exact) mass is 385 g/mol. The minimum atomic E-state index is 0.203. The second-order valence-electron chi connectivity index (χ2n) is 6.24. The maximum absolute atomic E-state index is 11.8. The van der Waals surface area contributed by atoms with Crippen LogP contribution in [0.1, 0.15) is 18.4 Å². The summed E-state index contributed by atoms with van der Waals surface area (Å²) in [4.78, 5) is 14.9. The topological polar surface area (TPSA) is 44.4 Å². The van der Waals surface area contributed by atoms with Gasteiger partial charge in [0.2, 0.25) is 5.91 Å². The molecule has 2 aromatic carbocycles. The molecule has 0 bridgehead atoms. The second kappa shape index (κ2) is 9.05. The summed E-state index contributed by atoms with van der Waals surface area (Å²) in [7, 11) is 0. The van der Waals surface area contributed by atoms with Crippen LogP contribution in [-0.4, -0.2) is 29.9 Å². The lowest BCUT2D eigenvalue weighted by molar-refractivity contribution is -0.117. The number of aryl methyl sites for hydroxylation is 1. The van der Waals surface area contributed by atoms with Crippen LogP contribution in [0.4, 0.5) is 11.4 Å². The number of rotatable bonds is 6. The van der Waals surface area contributed by atoms with Crippen molar-refractivity contribution in [2.24, 2.45) is 0 Å². The summed E-state index contributed by atoms with van der Waals surface area (Å²) in [6, 6.07) is 16.4. The molecule has 0 saturated carbocycles. The molecule has 1 saturated heterocycles. The van der Waals surface area contributed by atoms with Crippen LogP contribution in [0.2, 0.25) is 0 Å². The van der Waals surface area contributed by atoms with Gasteiger partial charge in [-0.1, -0.05) is 17.7 Å². The number of hydrogen-bond acceptors (Lipinski definition) is 3. The van der Waals surface area contributed by atoms with Gasteiger partial charge in [-0.3, -0.25) is 4.79 Å². The van der Waals surface area contributed by atoms with Crippen molar-refractivity contribution < 1.29 is 4.79 Å². The number of thiocarbonyl (C=S) groups is 1. The molecule has 0 spiro atoms. The molecule has 2 aromatic rings. The van der Waals surface area contributed by atoms with E-state index in [0.717, 1.165) is 36.6 Å². The van der Waals surface area contributed by atoms with Gasteiger partial charge in [-0.2, -0.15) is 0 Å². The zero-order valence-electron chi connectivity index (χ0n) is 14.8. The summed E-state index contributed by atoms with van der Waals surface area (Å²) < 4.78 is 0. The van der Waals surface area contributed by atoms with Crippen LogP contribution >= 0.6 is 24.0 Å². The van der Waals surface area contributed by atoms with Crippen molar-refractivity contribution in [3.8, 4) is 0 Å². The third kappa shape index (κ3) is 5.22. The Morgan fingerprint density at radius 3 is 2.54 bits per heavy atom. The van der Waals surface area contributed by atoms with Crippen LogP contribution in [0.5, 0.6) is 0 Å². The molecule has 0 aliphatic carbocycles. The van der Waals surface area contributed by atoms with Gasteiger partial charge in [-0.05, 0) is 62.0 Å². The molecule has 1 heterocycles. The van der Waals surface area contributed by atoms with E-state index >= 15 is 0 Å². The summed E-state index contributed by atoms with van der Waals surface area (Å²) in [5, 5.41) is 7.02. The number of nitrogens with one attached hydrogen (secondary N) is 2. The molecular weight excluding hydrogens is 362 g/mol. The van der Waals surface area contributed by atoms with E-state index < -0.39 is 0 Å². The van der Waals surface area contributed by atoms with Crippen molar-refractivity contribution in [1.82, 2.24) is 5.32 Å². The van der Waals surface area contributed by atoms with Crippen LogP contribution in [0, 0.1) is 6.92 Å². The SMILES string of the molecule is Cc1ccc(SCCNC(=S)Nc2ccc(N3CCCC3=O)cc2)cc1. The van der Waals surface area contributed by atoms with Crippen LogP contribution in [0.25, 0.3) is 0 Å². The Hall–Kier alpha value is -2.05. The molecule has 136 valence electrons. The first-order valence-corrected chi connectivity index (χ1v) is 10.2. The molecule has 1 fully saturated rings. The minimum absolute atomic E-state index is 0.203. The fourth-order valence-electron chi connectivity index (χ4n) is 2.79. The zero-order chi connectivity index (χ0) is 18.4. The molecule has 2 N–H and O–H groups in total. The molecule has 1 aliphatic heterocycles. The Morgan fingerprint density at radius 1 is 1.15 bits per heavy atom. The lowest BCUT2D eigenvalue weighted by Gasteiger charge is -2.16. The van der Waals surface area contributed by atoms with Gasteiger partial charge in [0.05, 0.1) is 0 Å². The van der Waals surface area contributed by atoms with Crippen molar-refractivity contribution in [3.63, 3.8) is 0 Å². The highest BCUT2D eigenvalue weighted by molar-refractivity contribution is 7.99. The van der Waals surface area contributed by atoms with Gasteiger partial charge in [0, 0.05) is 41.5 Å². The van der Waals surface area contributed by atoms with Gasteiger partial charge in [0.15, 0.2) is 5.11 Å². The third-order valence-corrected chi connectivity index (χ3v) is 5.45. The molecule has 1 amide bonds. The molecule has 1 aliphatic rings. The first kappa shape index (κ1) is 18.7. The van der Waals surface area contributed by atoms with E-state index in [2.05, 4.69) is 41.8 Å². The van der Waals surface area contributed by atoms with Crippen LogP contribution in [0.15, 0.2) is 53.4 Å². The molecule has 0 radical (unpaired) electrons. The van der Waals surface area contributed by atoms with Gasteiger partial charge in [0.25, 0.3) is 0 Å². The Balaban J connectivity index is 1.40. The Labute approximate surface area is 164 Å². The maximum atomic E-state index is 11.8. The molecule has 0 atom stereocenters. The lowest BCUT2D eigenvalue weighted by atomic mass is 10.2. The van der Waals surface area contributed by atoms with E-state index in [-0.39, 0.29) is 5.91 Å². The third-order valence-electron chi connectivity index (χ3n) is 4.19. The number of carbonyl (C=O) groups excluding carboxylic acids is 1. The average Bonchev–Trinajstić information content (AvgIpc) is 3.07. The van der Waals surface area contributed by atoms with Gasteiger partial charge in [-0.15, -0.1) is 11.8 Å². The smallest absolute Gasteiger partial charge is 0.227 e. The summed E-state index contributed by atoms with van der Waals surface area (Å²) in [5.41, 5.74) is 3.15. The van der Waals surface area contributed by atoms with Crippen molar-refractivity contribution >= 4 is 46.4 Å². The van der Waals surface area contributed by atoms with E-state index in [0.29, 0.717) is 11.5 Å². The Bertz CT molecular complexity index is 760. The highest BCUT2D eigenvalue weighted by Gasteiger charge is 2.21. The first-order valence-electron chi connectivity index (χ1n) is 8.76. The van der Waals surface area contributed by atoms with E-state index in [1.165, 1.54) is 10.5 Å². The fourth-order valence-corrected chi connectivity index (χ4v) is 3.78. The standard InChI is InChI=1S/C20H23N3OS2/c1-15-4-10-18(11-5-15)26-14-12-21-20(25)22-16-6-8-17(9-7-16)23-13-2-3-19(23)24/h4-11H,2-3,12-14H2,1H3,(H2,21,22,25). The normalized spacial score (nSPS) is 13.7. The predicted octanol–water partition coefficient (Wildman–Crippen LogP) is 4.20. The summed E-state index contributed by atoms with van der Waals surface area (Å²) >= 11 is 7.15. The van der Waals surface area contributed by atoms with Gasteiger partial charge >= 0.3 is 0 Å². The van der Waals surface area contributed by atoms with E-state index in [1.807, 2.05) is 29.2 Å². The van der Waals surface area contributed by atoms with Crippen LogP contribution in [0.3, 0.4) is 0 Å². The number of benzene rings is 2. The van der Waals surface area contributed by atoms with Crippen LogP contribution in [-0.2, 0) is 4.79 Å². The van der Waals surface area contributed by atoms with Gasteiger partial charge < -0.3 is 15.5 Å². The number of thioether (sulfide) groups is 1. The molecule has 26 heavy (non-hydrogen) atoms. The molecule has 0 unspecified atom stereocenters. The maximum Gasteiger partial charge on any atom is 0.227 e. The summed E-state index contributed by atoms with van der Waals surface area (Å²) in [6.45, 7) is 3.70. The molecule has 3 rings (SSSR count). The first-order chi connectivity index (χ1) is 12.6. The number of hydrogen-bond donors (Lipinski definition) is 2. The highest BCUT2D eigenvalue weighted by Crippen LogP contribution is 2.23. The van der Waals surface area contributed by atoms with Gasteiger partial charge in [0.1, 0.15) is 0 Å². The van der Waals surface area contributed by atoms with Crippen molar-refractivity contribution in [2.75, 3.05) is 29.1 Å². The average molecular weight is 386 g/mol. The number of anilines is 2. The van der Waals surface area contributed by atoms with Crippen molar-refractivity contribution in [3.05, 3.63) is 54.1 Å². The largest absolute Gasteiger partial charge is 0.362 e. The zero-order valence-corrected chi connectivity index (χ0v) is 16.5. The lowest BCUT2D eigenvalue weighted by Crippen LogP contribution is -2.30. The highest BCUT2D eigenvalue weighted by atomic mass is 32.2. The van der Waals surface area contributed by atoms with Gasteiger partial charge in [-0.25, -0.2) is 0 Å². The van der Waals surface area contributed by atoms with E-state index in [9.17, 15) is 4.79 Å². The number of amides is 1. The second-order valence-corrected chi connectivity index (χ2v) is 7.81. The number of nitrogens with zero attached hydrogens (tertiary/aromatic N) is 1. The fraction of sp³-hybridized carbons (Fsp3) is 0.300. The molecule has 4 nitrogen and oxygen atoms in total. The van der Waals surface area contributed by atoms with E-state index in [4.69, 9.17) is 12.2 Å². The quantitative estimate of drug-likeness (QED) is 0.443. The number of carbonyl (C=O) groups is 1. The molecule has 6 heteroatoms. The predicted molar refractivity (Wildman–Crippen MR) is 114 cm³/mol. The minimum Gasteiger partial charge on any atom is -0.362 e. The Kier molecular flexibility index (Phi) is 6.52. The Morgan fingerprint density at radius 2 is 1.88 bits per heavy atom.